The van der Waals surface area contributed by atoms with E-state index < -0.39 is 29.5 Å². The first-order valence-electron chi connectivity index (χ1n) is 7.78. The molecule has 0 radical (unpaired) electrons. The molecule has 25 heavy (non-hydrogen) atoms. The van der Waals surface area contributed by atoms with Crippen LogP contribution in [-0.4, -0.2) is 63.4 Å². The molecule has 2 N–H and O–H groups in total. The van der Waals surface area contributed by atoms with E-state index in [4.69, 9.17) is 14.7 Å². The van der Waals surface area contributed by atoms with Crippen LogP contribution in [0.1, 0.15) is 31.3 Å². The molecule has 0 spiro atoms. The zero-order valence-corrected chi connectivity index (χ0v) is 14.2. The first-order chi connectivity index (χ1) is 11.7. The summed E-state index contributed by atoms with van der Waals surface area (Å²) in [5, 5.41) is 23.3. The fourth-order valence-electron chi connectivity index (χ4n) is 2.81. The Hall–Kier alpha value is -2.75. The molecule has 1 atom stereocenters. The normalized spacial score (nSPS) is 21.0. The number of fused-ring (bicyclic) bond motifs is 2. The van der Waals surface area contributed by atoms with Crippen molar-refractivity contribution in [2.24, 2.45) is 5.16 Å². The minimum atomic E-state index is -0.748. The number of rotatable bonds is 0. The van der Waals surface area contributed by atoms with Crippen molar-refractivity contribution in [2.75, 3.05) is 24.8 Å². The Kier molecular flexibility index (Phi) is 4.07. The standard InChI is InChI=1S/C15H20N4O6/c1-15(2,3)25-14(22)19-10-8-24-7-6-17(10)13(21)11-12(20)9(16-23)4-5-18(11)19/h4-5,10,20,23H,6-8H2,1-3H3/b16-9+/t10-/m1/s1. The molecule has 1 fully saturated rings. The van der Waals surface area contributed by atoms with Crippen molar-refractivity contribution in [3.05, 3.63) is 23.3 Å². The van der Waals surface area contributed by atoms with E-state index in [0.29, 0.717) is 6.61 Å². The minimum absolute atomic E-state index is 0.115. The lowest BCUT2D eigenvalue weighted by atomic mass is 10.2. The van der Waals surface area contributed by atoms with Crippen molar-refractivity contribution in [1.82, 2.24) is 9.58 Å². The Morgan fingerprint density at radius 1 is 1.44 bits per heavy atom. The van der Waals surface area contributed by atoms with E-state index in [1.165, 1.54) is 26.8 Å². The Morgan fingerprint density at radius 3 is 2.80 bits per heavy atom. The Balaban J connectivity index is 2.16. The molecule has 0 bridgehead atoms. The van der Waals surface area contributed by atoms with Crippen LogP contribution in [-0.2, 0) is 9.47 Å². The van der Waals surface area contributed by atoms with E-state index in [0.717, 1.165) is 0 Å². The smallest absolute Gasteiger partial charge is 0.431 e. The summed E-state index contributed by atoms with van der Waals surface area (Å²) in [5.74, 6) is -1.01. The third-order valence-electron chi connectivity index (χ3n) is 3.84. The van der Waals surface area contributed by atoms with Gasteiger partial charge < -0.3 is 24.7 Å². The van der Waals surface area contributed by atoms with Gasteiger partial charge in [0, 0.05) is 12.7 Å². The molecule has 2 aliphatic heterocycles. The van der Waals surface area contributed by atoms with E-state index in [2.05, 4.69) is 5.16 Å². The molecular formula is C15H20N4O6. The predicted octanol–water partition coefficient (Wildman–Crippen LogP) is 0.169. The van der Waals surface area contributed by atoms with Crippen LogP contribution in [0.25, 0.3) is 0 Å². The maximum atomic E-state index is 12.8. The number of hydrogen-bond donors (Lipinski definition) is 2. The number of aromatic nitrogens is 1. The maximum absolute atomic E-state index is 12.8. The molecule has 3 rings (SSSR count). The minimum Gasteiger partial charge on any atom is -0.504 e. The van der Waals surface area contributed by atoms with Crippen molar-refractivity contribution in [3.63, 3.8) is 0 Å². The number of nitrogens with zero attached hydrogens (tertiary/aromatic N) is 4. The van der Waals surface area contributed by atoms with Gasteiger partial charge in [-0.25, -0.2) is 9.47 Å². The van der Waals surface area contributed by atoms with Crippen LogP contribution >= 0.6 is 0 Å². The zero-order valence-electron chi connectivity index (χ0n) is 14.2. The topological polar surface area (TPSA) is 117 Å². The van der Waals surface area contributed by atoms with Gasteiger partial charge >= 0.3 is 6.09 Å². The van der Waals surface area contributed by atoms with Gasteiger partial charge in [-0.3, -0.25) is 4.79 Å². The second-order valence-electron chi connectivity index (χ2n) is 6.72. The van der Waals surface area contributed by atoms with Gasteiger partial charge in [0.25, 0.3) is 5.91 Å². The molecule has 10 nitrogen and oxygen atoms in total. The quantitative estimate of drug-likeness (QED) is 0.508. The van der Waals surface area contributed by atoms with E-state index in [1.54, 1.807) is 20.8 Å². The highest BCUT2D eigenvalue weighted by Crippen LogP contribution is 2.26. The van der Waals surface area contributed by atoms with E-state index in [-0.39, 0.29) is 24.2 Å². The molecule has 3 heterocycles. The zero-order chi connectivity index (χ0) is 18.4. The lowest BCUT2D eigenvalue weighted by Crippen LogP contribution is -2.67. The van der Waals surface area contributed by atoms with Gasteiger partial charge in [0.15, 0.2) is 17.6 Å². The van der Waals surface area contributed by atoms with Crippen molar-refractivity contribution in [2.45, 2.75) is 32.5 Å². The van der Waals surface area contributed by atoms with Crippen LogP contribution in [0.3, 0.4) is 0 Å². The number of carbonyl (C=O) groups excluding carboxylic acids is 2. The number of pyridine rings is 1. The highest BCUT2D eigenvalue weighted by atomic mass is 16.6. The second-order valence-corrected chi connectivity index (χ2v) is 6.72. The Bertz CT molecular complexity index is 781. The second kappa shape index (κ2) is 5.96. The van der Waals surface area contributed by atoms with Crippen molar-refractivity contribution >= 4 is 12.0 Å². The van der Waals surface area contributed by atoms with Crippen LogP contribution < -0.4 is 10.4 Å². The Labute approximate surface area is 143 Å². The lowest BCUT2D eigenvalue weighted by Gasteiger charge is -2.46. The average molecular weight is 352 g/mol. The molecule has 0 aliphatic carbocycles. The number of ether oxygens (including phenoxy) is 2. The summed E-state index contributed by atoms with van der Waals surface area (Å²) in [7, 11) is 0. The summed E-state index contributed by atoms with van der Waals surface area (Å²) >= 11 is 0. The van der Waals surface area contributed by atoms with E-state index in [1.807, 2.05) is 0 Å². The molecule has 10 heteroatoms. The number of amides is 2. The third-order valence-corrected chi connectivity index (χ3v) is 3.84. The van der Waals surface area contributed by atoms with Crippen LogP contribution in [0.4, 0.5) is 4.79 Å². The van der Waals surface area contributed by atoms with E-state index in [9.17, 15) is 14.7 Å². The number of carbonyl (C=O) groups is 2. The van der Waals surface area contributed by atoms with Crippen LogP contribution in [0.15, 0.2) is 17.4 Å². The van der Waals surface area contributed by atoms with Crippen molar-refractivity contribution in [1.29, 1.82) is 0 Å². The van der Waals surface area contributed by atoms with Crippen LogP contribution in [0, 0.1) is 0 Å². The van der Waals surface area contributed by atoms with Gasteiger partial charge in [0.2, 0.25) is 0 Å². The van der Waals surface area contributed by atoms with Crippen LogP contribution in [0.5, 0.6) is 5.75 Å². The summed E-state index contributed by atoms with van der Waals surface area (Å²) in [4.78, 5) is 26.9. The summed E-state index contributed by atoms with van der Waals surface area (Å²) in [5.41, 5.74) is -0.929. The first-order valence-corrected chi connectivity index (χ1v) is 7.78. The summed E-state index contributed by atoms with van der Waals surface area (Å²) < 4.78 is 12.0. The van der Waals surface area contributed by atoms with E-state index >= 15 is 0 Å². The molecule has 2 aliphatic rings. The lowest BCUT2D eigenvalue weighted by molar-refractivity contribution is -0.0223. The fraction of sp³-hybridized carbons (Fsp3) is 0.533. The molecule has 2 amide bonds. The summed E-state index contributed by atoms with van der Waals surface area (Å²) in [6.07, 6.45) is -0.0394. The molecule has 0 unspecified atom stereocenters. The van der Waals surface area contributed by atoms with Gasteiger partial charge in [-0.15, -0.1) is 0 Å². The highest BCUT2D eigenvalue weighted by molar-refractivity contribution is 5.98. The molecule has 1 saturated heterocycles. The van der Waals surface area contributed by atoms with Gasteiger partial charge in [-0.05, 0) is 26.8 Å². The Morgan fingerprint density at radius 2 is 2.16 bits per heavy atom. The van der Waals surface area contributed by atoms with Gasteiger partial charge in [0.1, 0.15) is 11.0 Å². The largest absolute Gasteiger partial charge is 0.504 e. The van der Waals surface area contributed by atoms with Gasteiger partial charge in [-0.2, -0.15) is 5.01 Å². The van der Waals surface area contributed by atoms with Gasteiger partial charge in [-0.1, -0.05) is 5.16 Å². The summed E-state index contributed by atoms with van der Waals surface area (Å²) in [6.45, 7) is 5.87. The third kappa shape index (κ3) is 2.88. The SMILES string of the molecule is CC(C)(C)OC(=O)N1[C@@H]2COCCN2C(=O)c2c(O)/c(=N/O)ccn21. The fourth-order valence-corrected chi connectivity index (χ4v) is 2.81. The summed E-state index contributed by atoms with van der Waals surface area (Å²) in [6, 6.07) is 1.28. The predicted molar refractivity (Wildman–Crippen MR) is 83.5 cm³/mol. The molecule has 136 valence electrons. The molecule has 1 aromatic heterocycles. The average Bonchev–Trinajstić information content (AvgIpc) is 2.53. The molecule has 1 aromatic rings. The van der Waals surface area contributed by atoms with Gasteiger partial charge in [0.05, 0.1) is 13.2 Å². The molecule has 0 saturated carbocycles. The number of morpholine rings is 1. The van der Waals surface area contributed by atoms with Crippen LogP contribution in [0.2, 0.25) is 0 Å². The molecular weight excluding hydrogens is 332 g/mol. The van der Waals surface area contributed by atoms with Crippen molar-refractivity contribution < 1.29 is 29.4 Å². The monoisotopic (exact) mass is 352 g/mol. The molecule has 0 aromatic carbocycles. The number of hydrogen-bond acceptors (Lipinski definition) is 7. The van der Waals surface area contributed by atoms with Crippen molar-refractivity contribution in [3.8, 4) is 5.75 Å². The number of aromatic hydroxyl groups is 1. The maximum Gasteiger partial charge on any atom is 0.431 e. The highest BCUT2D eigenvalue weighted by Gasteiger charge is 2.45. The first kappa shape index (κ1) is 17.1.